The van der Waals surface area contributed by atoms with Gasteiger partial charge in [0.15, 0.2) is 0 Å². The van der Waals surface area contributed by atoms with Crippen molar-refractivity contribution in [1.82, 2.24) is 10.2 Å². The molecule has 1 heterocycles. The summed E-state index contributed by atoms with van der Waals surface area (Å²) < 4.78 is 11.2. The molecule has 27 heavy (non-hydrogen) atoms. The van der Waals surface area contributed by atoms with Gasteiger partial charge in [0, 0.05) is 24.1 Å². The molecule has 0 aliphatic heterocycles. The smallest absolute Gasteiger partial charge is 0.247 e. The summed E-state index contributed by atoms with van der Waals surface area (Å²) in [4.78, 5) is 12.1. The number of anilines is 1. The van der Waals surface area contributed by atoms with Gasteiger partial charge in [0.25, 0.3) is 0 Å². The van der Waals surface area contributed by atoms with E-state index in [1.807, 2.05) is 69.3 Å². The molecule has 1 amide bonds. The van der Waals surface area contributed by atoms with Crippen LogP contribution in [-0.2, 0) is 11.2 Å². The lowest BCUT2D eigenvalue weighted by atomic mass is 10.1. The Hall–Kier alpha value is -3.15. The van der Waals surface area contributed by atoms with Crippen molar-refractivity contribution in [3.8, 4) is 17.2 Å². The highest BCUT2D eigenvalue weighted by atomic mass is 16.5. The third kappa shape index (κ3) is 5.41. The van der Waals surface area contributed by atoms with E-state index in [2.05, 4.69) is 15.5 Å². The zero-order valence-electron chi connectivity index (χ0n) is 15.7. The van der Waals surface area contributed by atoms with Gasteiger partial charge in [0.2, 0.25) is 17.7 Å². The van der Waals surface area contributed by atoms with Crippen molar-refractivity contribution in [2.75, 3.05) is 5.32 Å². The lowest BCUT2D eigenvalue weighted by Crippen LogP contribution is -2.12. The molecule has 0 saturated carbocycles. The van der Waals surface area contributed by atoms with Crippen LogP contribution in [0.25, 0.3) is 11.5 Å². The highest BCUT2D eigenvalue weighted by Gasteiger charge is 2.11. The van der Waals surface area contributed by atoms with E-state index in [4.69, 9.17) is 9.15 Å². The largest absolute Gasteiger partial charge is 0.491 e. The fourth-order valence-corrected chi connectivity index (χ4v) is 2.58. The lowest BCUT2D eigenvalue weighted by molar-refractivity contribution is -0.116. The van der Waals surface area contributed by atoms with Crippen LogP contribution in [0.2, 0.25) is 0 Å². The van der Waals surface area contributed by atoms with E-state index < -0.39 is 0 Å². The first-order valence-electron chi connectivity index (χ1n) is 8.95. The standard InChI is InChI=1S/C21H23N3O3/c1-14(2)26-18-9-7-17(8-10-18)22-19(25)11-12-20-23-24-21(27-20)16-6-4-5-15(3)13-16/h4-10,13-14H,11-12H2,1-3H3,(H,22,25). The molecule has 140 valence electrons. The Morgan fingerprint density at radius 1 is 1.15 bits per heavy atom. The van der Waals surface area contributed by atoms with Crippen molar-refractivity contribution >= 4 is 11.6 Å². The molecule has 2 aromatic carbocycles. The Bertz CT molecular complexity index is 901. The van der Waals surface area contributed by atoms with Crippen LogP contribution >= 0.6 is 0 Å². The second-order valence-corrected chi connectivity index (χ2v) is 6.61. The quantitative estimate of drug-likeness (QED) is 0.671. The predicted molar refractivity (Wildman–Crippen MR) is 104 cm³/mol. The first-order valence-corrected chi connectivity index (χ1v) is 8.95. The number of carbonyl (C=O) groups excluding carboxylic acids is 1. The monoisotopic (exact) mass is 365 g/mol. The van der Waals surface area contributed by atoms with Gasteiger partial charge >= 0.3 is 0 Å². The fraction of sp³-hybridized carbons (Fsp3) is 0.286. The number of hydrogen-bond donors (Lipinski definition) is 1. The summed E-state index contributed by atoms with van der Waals surface area (Å²) >= 11 is 0. The molecule has 6 nitrogen and oxygen atoms in total. The van der Waals surface area contributed by atoms with E-state index in [1.165, 1.54) is 0 Å². The number of ether oxygens (including phenoxy) is 1. The number of benzene rings is 2. The molecular formula is C21H23N3O3. The van der Waals surface area contributed by atoms with Crippen molar-refractivity contribution in [2.45, 2.75) is 39.7 Å². The normalized spacial score (nSPS) is 10.8. The highest BCUT2D eigenvalue weighted by molar-refractivity contribution is 5.90. The zero-order chi connectivity index (χ0) is 19.2. The van der Waals surface area contributed by atoms with Gasteiger partial charge < -0.3 is 14.5 Å². The van der Waals surface area contributed by atoms with Crippen LogP contribution in [0.4, 0.5) is 5.69 Å². The Labute approximate surface area is 158 Å². The number of nitrogens with one attached hydrogen (secondary N) is 1. The molecule has 6 heteroatoms. The van der Waals surface area contributed by atoms with Crippen molar-refractivity contribution in [2.24, 2.45) is 0 Å². The number of nitrogens with zero attached hydrogens (tertiary/aromatic N) is 2. The van der Waals surface area contributed by atoms with Gasteiger partial charge in [-0.3, -0.25) is 4.79 Å². The average Bonchev–Trinajstić information content (AvgIpc) is 3.10. The number of aryl methyl sites for hydroxylation is 2. The van der Waals surface area contributed by atoms with Crippen LogP contribution in [-0.4, -0.2) is 22.2 Å². The summed E-state index contributed by atoms with van der Waals surface area (Å²) in [5, 5.41) is 10.9. The molecule has 0 unspecified atom stereocenters. The first kappa shape index (κ1) is 18.6. The number of hydrogen-bond acceptors (Lipinski definition) is 5. The van der Waals surface area contributed by atoms with Crippen LogP contribution < -0.4 is 10.1 Å². The second-order valence-electron chi connectivity index (χ2n) is 6.61. The highest BCUT2D eigenvalue weighted by Crippen LogP contribution is 2.20. The maximum Gasteiger partial charge on any atom is 0.247 e. The van der Waals surface area contributed by atoms with E-state index in [0.717, 1.165) is 22.6 Å². The third-order valence-electron chi connectivity index (χ3n) is 3.81. The number of rotatable bonds is 7. The van der Waals surface area contributed by atoms with Crippen LogP contribution in [0.1, 0.15) is 31.7 Å². The van der Waals surface area contributed by atoms with Gasteiger partial charge in [-0.2, -0.15) is 0 Å². The molecule has 1 N–H and O–H groups in total. The van der Waals surface area contributed by atoms with Gasteiger partial charge in [0.1, 0.15) is 5.75 Å². The molecule has 0 spiro atoms. The van der Waals surface area contributed by atoms with Crippen molar-refractivity contribution in [3.63, 3.8) is 0 Å². The fourth-order valence-electron chi connectivity index (χ4n) is 2.58. The minimum atomic E-state index is -0.108. The summed E-state index contributed by atoms with van der Waals surface area (Å²) in [6.45, 7) is 5.95. The number of aromatic nitrogens is 2. The molecular weight excluding hydrogens is 342 g/mol. The summed E-state index contributed by atoms with van der Waals surface area (Å²) in [7, 11) is 0. The Morgan fingerprint density at radius 2 is 1.93 bits per heavy atom. The molecule has 0 aliphatic carbocycles. The molecule has 3 rings (SSSR count). The second kappa shape index (κ2) is 8.49. The summed E-state index contributed by atoms with van der Waals surface area (Å²) in [5.41, 5.74) is 2.72. The topological polar surface area (TPSA) is 77.2 Å². The van der Waals surface area contributed by atoms with Gasteiger partial charge in [0.05, 0.1) is 6.10 Å². The first-order chi connectivity index (χ1) is 13.0. The van der Waals surface area contributed by atoms with E-state index in [0.29, 0.717) is 18.2 Å². The maximum absolute atomic E-state index is 12.1. The van der Waals surface area contributed by atoms with Crippen LogP contribution in [0, 0.1) is 6.92 Å². The lowest BCUT2D eigenvalue weighted by Gasteiger charge is -2.10. The van der Waals surface area contributed by atoms with E-state index in [-0.39, 0.29) is 18.4 Å². The van der Waals surface area contributed by atoms with Gasteiger partial charge in [-0.15, -0.1) is 10.2 Å². The molecule has 0 radical (unpaired) electrons. The predicted octanol–water partition coefficient (Wildman–Crippen LogP) is 4.40. The Morgan fingerprint density at radius 3 is 2.63 bits per heavy atom. The average molecular weight is 365 g/mol. The van der Waals surface area contributed by atoms with Gasteiger partial charge in [-0.25, -0.2) is 0 Å². The molecule has 0 atom stereocenters. The number of amides is 1. The Balaban J connectivity index is 1.52. The van der Waals surface area contributed by atoms with Crippen molar-refractivity contribution < 1.29 is 13.9 Å². The van der Waals surface area contributed by atoms with Crippen LogP contribution in [0.5, 0.6) is 5.75 Å². The van der Waals surface area contributed by atoms with Crippen LogP contribution in [0.3, 0.4) is 0 Å². The van der Waals surface area contributed by atoms with E-state index in [9.17, 15) is 4.79 Å². The summed E-state index contributed by atoms with van der Waals surface area (Å²) in [6.07, 6.45) is 0.767. The summed E-state index contributed by atoms with van der Waals surface area (Å²) in [5.74, 6) is 1.58. The molecule has 0 fully saturated rings. The van der Waals surface area contributed by atoms with E-state index in [1.54, 1.807) is 0 Å². The zero-order valence-corrected chi connectivity index (χ0v) is 15.7. The molecule has 1 aromatic heterocycles. The minimum Gasteiger partial charge on any atom is -0.491 e. The number of carbonyl (C=O) groups is 1. The Kier molecular flexibility index (Phi) is 5.86. The van der Waals surface area contributed by atoms with E-state index >= 15 is 0 Å². The van der Waals surface area contributed by atoms with Gasteiger partial charge in [-0.05, 0) is 57.2 Å². The van der Waals surface area contributed by atoms with Crippen molar-refractivity contribution in [3.05, 3.63) is 60.0 Å². The third-order valence-corrected chi connectivity index (χ3v) is 3.81. The maximum atomic E-state index is 12.1. The minimum absolute atomic E-state index is 0.108. The molecule has 3 aromatic rings. The van der Waals surface area contributed by atoms with Gasteiger partial charge in [-0.1, -0.05) is 17.7 Å². The summed E-state index contributed by atoms with van der Waals surface area (Å²) in [6, 6.07) is 15.2. The molecule has 0 saturated heterocycles. The molecule has 0 bridgehead atoms. The SMILES string of the molecule is Cc1cccc(-c2nnc(CCC(=O)Nc3ccc(OC(C)C)cc3)o2)c1. The molecule has 0 aliphatic rings. The van der Waals surface area contributed by atoms with Crippen molar-refractivity contribution in [1.29, 1.82) is 0 Å². The van der Waals surface area contributed by atoms with Crippen LogP contribution in [0.15, 0.2) is 52.9 Å².